The predicted molar refractivity (Wildman–Crippen MR) is 60.5 cm³/mol. The average molecular weight is 255 g/mol. The van der Waals surface area contributed by atoms with Crippen molar-refractivity contribution in [2.75, 3.05) is 0 Å². The minimum absolute atomic E-state index is 0.329. The first-order valence-corrected chi connectivity index (χ1v) is 5.47. The topological polar surface area (TPSA) is 30.7 Å². The fraction of sp³-hybridized carbons (Fsp3) is 0.333. The van der Waals surface area contributed by atoms with E-state index >= 15 is 0 Å². The van der Waals surface area contributed by atoms with Crippen molar-refractivity contribution in [3.05, 3.63) is 41.9 Å². The van der Waals surface area contributed by atoms with Crippen molar-refractivity contribution in [1.82, 2.24) is 14.8 Å². The molecule has 96 valence electrons. The number of hydrogen-bond donors (Lipinski definition) is 0. The number of alkyl halides is 3. The zero-order valence-electron chi connectivity index (χ0n) is 9.94. The molecule has 6 heteroatoms. The molecule has 0 fully saturated rings. The Balaban J connectivity index is 2.29. The Labute approximate surface area is 102 Å². The quantitative estimate of drug-likeness (QED) is 0.823. The van der Waals surface area contributed by atoms with E-state index in [1.54, 1.807) is 12.3 Å². The summed E-state index contributed by atoms with van der Waals surface area (Å²) in [6, 6.07) is 4.42. The van der Waals surface area contributed by atoms with Gasteiger partial charge in [-0.1, -0.05) is 19.9 Å². The van der Waals surface area contributed by atoms with E-state index in [2.05, 4.69) is 10.1 Å². The van der Waals surface area contributed by atoms with Crippen LogP contribution in [0.1, 0.15) is 31.0 Å². The highest BCUT2D eigenvalue weighted by Crippen LogP contribution is 2.27. The fourth-order valence-electron chi connectivity index (χ4n) is 1.48. The van der Waals surface area contributed by atoms with Gasteiger partial charge in [0.1, 0.15) is 0 Å². The highest BCUT2D eigenvalue weighted by Gasteiger charge is 2.33. The Morgan fingerprint density at radius 3 is 2.33 bits per heavy atom. The number of aromatic nitrogens is 3. The lowest BCUT2D eigenvalue weighted by Crippen LogP contribution is -2.07. The first kappa shape index (κ1) is 12.6. The second-order valence-corrected chi connectivity index (χ2v) is 4.25. The monoisotopic (exact) mass is 255 g/mol. The third kappa shape index (κ3) is 2.52. The SMILES string of the molecule is CC(C)c1ccc(-n2ccc(C(F)(F)F)n2)nc1. The Morgan fingerprint density at radius 1 is 1.17 bits per heavy atom. The molecule has 0 N–H and O–H groups in total. The van der Waals surface area contributed by atoms with E-state index in [0.717, 1.165) is 16.3 Å². The summed E-state index contributed by atoms with van der Waals surface area (Å²) in [6.45, 7) is 4.04. The maximum Gasteiger partial charge on any atom is 0.435 e. The van der Waals surface area contributed by atoms with Gasteiger partial charge < -0.3 is 0 Å². The molecule has 0 aliphatic rings. The Hall–Kier alpha value is -1.85. The summed E-state index contributed by atoms with van der Waals surface area (Å²) < 4.78 is 38.3. The van der Waals surface area contributed by atoms with E-state index < -0.39 is 11.9 Å². The van der Waals surface area contributed by atoms with Crippen LogP contribution in [0.4, 0.5) is 13.2 Å². The normalized spacial score (nSPS) is 12.1. The van der Waals surface area contributed by atoms with Crippen molar-refractivity contribution in [2.24, 2.45) is 0 Å². The standard InChI is InChI=1S/C12H12F3N3/c1-8(2)9-3-4-11(16-7-9)18-6-5-10(17-18)12(13,14)15/h3-8H,1-2H3. The molecule has 0 radical (unpaired) electrons. The molecule has 0 atom stereocenters. The summed E-state index contributed by atoms with van der Waals surface area (Å²) in [4.78, 5) is 4.10. The number of nitrogens with zero attached hydrogens (tertiary/aromatic N) is 3. The van der Waals surface area contributed by atoms with Crippen molar-refractivity contribution >= 4 is 0 Å². The first-order chi connectivity index (χ1) is 8.38. The molecule has 0 spiro atoms. The van der Waals surface area contributed by atoms with Gasteiger partial charge in [0.25, 0.3) is 0 Å². The van der Waals surface area contributed by atoms with Gasteiger partial charge in [0.15, 0.2) is 11.5 Å². The number of rotatable bonds is 2. The lowest BCUT2D eigenvalue weighted by Gasteiger charge is -2.06. The van der Waals surface area contributed by atoms with Crippen LogP contribution in [-0.2, 0) is 6.18 Å². The molecule has 0 aliphatic carbocycles. The molecule has 2 rings (SSSR count). The maximum absolute atomic E-state index is 12.4. The summed E-state index contributed by atoms with van der Waals surface area (Å²) in [6.07, 6.45) is -1.53. The lowest BCUT2D eigenvalue weighted by molar-refractivity contribution is -0.141. The highest BCUT2D eigenvalue weighted by molar-refractivity contribution is 5.26. The van der Waals surface area contributed by atoms with Gasteiger partial charge in [-0.25, -0.2) is 9.67 Å². The Kier molecular flexibility index (Phi) is 3.11. The molecule has 2 aromatic heterocycles. The van der Waals surface area contributed by atoms with Crippen LogP contribution in [-0.4, -0.2) is 14.8 Å². The smallest absolute Gasteiger partial charge is 0.237 e. The van der Waals surface area contributed by atoms with Crippen molar-refractivity contribution in [3.8, 4) is 5.82 Å². The van der Waals surface area contributed by atoms with E-state index in [1.165, 1.54) is 6.20 Å². The highest BCUT2D eigenvalue weighted by atomic mass is 19.4. The van der Waals surface area contributed by atoms with E-state index in [-0.39, 0.29) is 0 Å². The molecule has 0 aliphatic heterocycles. The van der Waals surface area contributed by atoms with E-state index in [4.69, 9.17) is 0 Å². The third-order valence-corrected chi connectivity index (χ3v) is 2.55. The summed E-state index contributed by atoms with van der Waals surface area (Å²) in [7, 11) is 0. The van der Waals surface area contributed by atoms with Gasteiger partial charge in [-0.05, 0) is 23.6 Å². The number of hydrogen-bond acceptors (Lipinski definition) is 2. The number of pyridine rings is 1. The van der Waals surface area contributed by atoms with Crippen LogP contribution >= 0.6 is 0 Å². The molecule has 2 aromatic rings. The van der Waals surface area contributed by atoms with Gasteiger partial charge in [-0.2, -0.15) is 18.3 Å². The second-order valence-electron chi connectivity index (χ2n) is 4.25. The van der Waals surface area contributed by atoms with Crippen LogP contribution in [0.2, 0.25) is 0 Å². The molecule has 0 bridgehead atoms. The van der Waals surface area contributed by atoms with E-state index in [0.29, 0.717) is 11.7 Å². The summed E-state index contributed by atoms with van der Waals surface area (Å²) >= 11 is 0. The van der Waals surface area contributed by atoms with Crippen LogP contribution in [0.25, 0.3) is 5.82 Å². The third-order valence-electron chi connectivity index (χ3n) is 2.55. The van der Waals surface area contributed by atoms with Gasteiger partial charge in [0.05, 0.1) is 0 Å². The van der Waals surface area contributed by atoms with Crippen LogP contribution in [0, 0.1) is 0 Å². The van der Waals surface area contributed by atoms with Crippen molar-refractivity contribution < 1.29 is 13.2 Å². The molecule has 0 amide bonds. The molecule has 2 heterocycles. The van der Waals surface area contributed by atoms with Gasteiger partial charge in [0.2, 0.25) is 0 Å². The Bertz CT molecular complexity index is 526. The van der Waals surface area contributed by atoms with E-state index in [1.807, 2.05) is 19.9 Å². The summed E-state index contributed by atoms with van der Waals surface area (Å²) in [5.74, 6) is 0.699. The average Bonchev–Trinajstić information content (AvgIpc) is 2.78. The Morgan fingerprint density at radius 2 is 1.89 bits per heavy atom. The van der Waals surface area contributed by atoms with Gasteiger partial charge in [-0.3, -0.25) is 0 Å². The molecule has 0 saturated heterocycles. The number of halogens is 3. The molecule has 18 heavy (non-hydrogen) atoms. The maximum atomic E-state index is 12.4. The fourth-order valence-corrected chi connectivity index (χ4v) is 1.48. The minimum atomic E-state index is -4.43. The largest absolute Gasteiger partial charge is 0.435 e. The minimum Gasteiger partial charge on any atom is -0.237 e. The predicted octanol–water partition coefficient (Wildman–Crippen LogP) is 3.41. The second kappa shape index (κ2) is 4.44. The van der Waals surface area contributed by atoms with Gasteiger partial charge in [0, 0.05) is 12.4 Å². The lowest BCUT2D eigenvalue weighted by atomic mass is 10.1. The summed E-state index contributed by atoms with van der Waals surface area (Å²) in [5.41, 5.74) is 0.110. The molecular weight excluding hydrogens is 243 g/mol. The zero-order chi connectivity index (χ0) is 13.3. The van der Waals surface area contributed by atoms with Crippen molar-refractivity contribution in [3.63, 3.8) is 0 Å². The van der Waals surface area contributed by atoms with Gasteiger partial charge in [-0.15, -0.1) is 0 Å². The first-order valence-electron chi connectivity index (χ1n) is 5.47. The van der Waals surface area contributed by atoms with Crippen molar-refractivity contribution in [1.29, 1.82) is 0 Å². The summed E-state index contributed by atoms with van der Waals surface area (Å²) in [5, 5.41) is 3.46. The molecule has 0 saturated carbocycles. The molecule has 3 nitrogen and oxygen atoms in total. The van der Waals surface area contributed by atoms with Gasteiger partial charge >= 0.3 is 6.18 Å². The molecule has 0 aromatic carbocycles. The molecular formula is C12H12F3N3. The molecule has 0 unspecified atom stereocenters. The van der Waals surface area contributed by atoms with Crippen LogP contribution in [0.3, 0.4) is 0 Å². The zero-order valence-corrected chi connectivity index (χ0v) is 9.94. The van der Waals surface area contributed by atoms with Crippen LogP contribution < -0.4 is 0 Å². The van der Waals surface area contributed by atoms with Crippen LogP contribution in [0.5, 0.6) is 0 Å². The van der Waals surface area contributed by atoms with Crippen molar-refractivity contribution in [2.45, 2.75) is 25.9 Å². The van der Waals surface area contributed by atoms with E-state index in [9.17, 15) is 13.2 Å². The van der Waals surface area contributed by atoms with Crippen LogP contribution in [0.15, 0.2) is 30.6 Å².